The Hall–Kier alpha value is -0.820. The van der Waals surface area contributed by atoms with Gasteiger partial charge < -0.3 is 5.32 Å². The van der Waals surface area contributed by atoms with Crippen molar-refractivity contribution in [3.05, 3.63) is 35.4 Å². The third-order valence-corrected chi connectivity index (χ3v) is 5.98. The van der Waals surface area contributed by atoms with E-state index in [4.69, 9.17) is 0 Å². The number of rotatable bonds is 3. The van der Waals surface area contributed by atoms with Crippen LogP contribution in [0.15, 0.2) is 24.3 Å². The van der Waals surface area contributed by atoms with Crippen LogP contribution in [0.1, 0.15) is 49.7 Å². The van der Waals surface area contributed by atoms with Crippen molar-refractivity contribution in [2.45, 2.75) is 57.5 Å². The molecule has 0 heterocycles. The molecule has 102 valence electrons. The van der Waals surface area contributed by atoms with Crippen molar-refractivity contribution >= 4 is 0 Å². The van der Waals surface area contributed by atoms with Gasteiger partial charge in [0.15, 0.2) is 0 Å². The first kappa shape index (κ1) is 12.0. The maximum absolute atomic E-state index is 2.71. The van der Waals surface area contributed by atoms with Crippen LogP contribution in [0, 0.1) is 24.7 Å². The topological polar surface area (TPSA) is 16.6 Å². The second kappa shape index (κ2) is 4.34. The summed E-state index contributed by atoms with van der Waals surface area (Å²) >= 11 is 0. The first-order valence-electron chi connectivity index (χ1n) is 8.11. The summed E-state index contributed by atoms with van der Waals surface area (Å²) in [6.07, 6.45) is 9.17. The van der Waals surface area contributed by atoms with Crippen LogP contribution in [0.25, 0.3) is 0 Å². The van der Waals surface area contributed by atoms with E-state index in [9.17, 15) is 0 Å². The highest BCUT2D eigenvalue weighted by atomic mass is 15.0. The lowest BCUT2D eigenvalue weighted by atomic mass is 9.53. The Morgan fingerprint density at radius 1 is 0.947 bits per heavy atom. The van der Waals surface area contributed by atoms with E-state index in [1.165, 1.54) is 36.9 Å². The van der Waals surface area contributed by atoms with E-state index in [0.29, 0.717) is 5.54 Å². The molecule has 4 saturated carbocycles. The molecule has 4 fully saturated rings. The van der Waals surface area contributed by atoms with Crippen LogP contribution >= 0.6 is 0 Å². The molecular formula is C18H26N+. The third-order valence-electron chi connectivity index (χ3n) is 5.98. The summed E-state index contributed by atoms with van der Waals surface area (Å²) in [6, 6.07) is 9.13. The summed E-state index contributed by atoms with van der Waals surface area (Å²) < 4.78 is 0. The van der Waals surface area contributed by atoms with Crippen LogP contribution in [0.5, 0.6) is 0 Å². The van der Waals surface area contributed by atoms with E-state index in [0.717, 1.165) is 17.8 Å². The summed E-state index contributed by atoms with van der Waals surface area (Å²) in [5.41, 5.74) is 3.50. The molecule has 2 N–H and O–H groups in total. The van der Waals surface area contributed by atoms with Crippen molar-refractivity contribution in [3.8, 4) is 0 Å². The first-order valence-corrected chi connectivity index (χ1v) is 8.11. The summed E-state index contributed by atoms with van der Waals surface area (Å²) in [5, 5.41) is 2.71. The number of quaternary nitrogens is 1. The Balaban J connectivity index is 1.46. The molecule has 1 nitrogen and oxygen atoms in total. The standard InChI is InChI=1S/C18H25N/c1-13-2-4-14(5-3-13)12-19-18-9-15-6-16(10-18)8-17(7-15)11-18/h2-5,15-17,19H,6-12H2,1H3/p+1. The molecule has 1 heteroatoms. The first-order chi connectivity index (χ1) is 9.21. The van der Waals surface area contributed by atoms with E-state index < -0.39 is 0 Å². The van der Waals surface area contributed by atoms with Gasteiger partial charge in [-0.25, -0.2) is 0 Å². The summed E-state index contributed by atoms with van der Waals surface area (Å²) in [6.45, 7) is 3.36. The SMILES string of the molecule is Cc1ccc(C[NH2+]C23CC4CC(CC(C4)C2)C3)cc1. The summed E-state index contributed by atoms with van der Waals surface area (Å²) in [7, 11) is 0. The minimum absolute atomic E-state index is 0.625. The molecule has 0 unspecified atom stereocenters. The average Bonchev–Trinajstić information content (AvgIpc) is 2.36. The predicted molar refractivity (Wildman–Crippen MR) is 77.7 cm³/mol. The molecule has 0 atom stereocenters. The largest absolute Gasteiger partial charge is 0.338 e. The predicted octanol–water partition coefficient (Wildman–Crippen LogP) is 3.03. The molecule has 0 aromatic heterocycles. The molecule has 0 spiro atoms. The smallest absolute Gasteiger partial charge is 0.102 e. The zero-order valence-electron chi connectivity index (χ0n) is 12.1. The molecular weight excluding hydrogens is 230 g/mol. The Morgan fingerprint density at radius 2 is 1.47 bits per heavy atom. The van der Waals surface area contributed by atoms with E-state index in [-0.39, 0.29) is 0 Å². The molecule has 0 radical (unpaired) electrons. The van der Waals surface area contributed by atoms with Gasteiger partial charge in [0.25, 0.3) is 0 Å². The van der Waals surface area contributed by atoms with Crippen molar-refractivity contribution in [1.82, 2.24) is 0 Å². The Labute approximate surface area is 116 Å². The number of nitrogens with two attached hydrogens (primary N) is 1. The molecule has 4 aliphatic rings. The monoisotopic (exact) mass is 256 g/mol. The summed E-state index contributed by atoms with van der Waals surface area (Å²) in [4.78, 5) is 0. The highest BCUT2D eigenvalue weighted by molar-refractivity contribution is 5.20. The maximum Gasteiger partial charge on any atom is 0.102 e. The van der Waals surface area contributed by atoms with Crippen molar-refractivity contribution in [3.63, 3.8) is 0 Å². The fraction of sp³-hybridized carbons (Fsp3) is 0.667. The zero-order chi connectivity index (χ0) is 12.9. The lowest BCUT2D eigenvalue weighted by molar-refractivity contribution is -0.752. The van der Waals surface area contributed by atoms with Crippen molar-refractivity contribution in [1.29, 1.82) is 0 Å². The highest BCUT2D eigenvalue weighted by Gasteiger charge is 2.53. The van der Waals surface area contributed by atoms with Gasteiger partial charge in [-0.15, -0.1) is 0 Å². The van der Waals surface area contributed by atoms with Gasteiger partial charge in [-0.2, -0.15) is 0 Å². The van der Waals surface area contributed by atoms with Gasteiger partial charge in [0.2, 0.25) is 0 Å². The Kier molecular flexibility index (Phi) is 2.73. The van der Waals surface area contributed by atoms with Crippen molar-refractivity contribution in [2.75, 3.05) is 0 Å². The van der Waals surface area contributed by atoms with Gasteiger partial charge in [-0.05, 0) is 43.9 Å². The normalized spacial score (nSPS) is 39.7. The van der Waals surface area contributed by atoms with Crippen LogP contribution < -0.4 is 5.32 Å². The van der Waals surface area contributed by atoms with Gasteiger partial charge in [-0.3, -0.25) is 0 Å². The van der Waals surface area contributed by atoms with Gasteiger partial charge in [0.1, 0.15) is 6.54 Å². The van der Waals surface area contributed by atoms with Crippen LogP contribution in [0.3, 0.4) is 0 Å². The minimum Gasteiger partial charge on any atom is -0.338 e. The fourth-order valence-corrected chi connectivity index (χ4v) is 5.49. The van der Waals surface area contributed by atoms with Gasteiger partial charge in [0, 0.05) is 24.8 Å². The summed E-state index contributed by atoms with van der Waals surface area (Å²) in [5.74, 6) is 3.21. The Morgan fingerprint density at radius 3 is 2.00 bits per heavy atom. The lowest BCUT2D eigenvalue weighted by Gasteiger charge is -2.54. The van der Waals surface area contributed by atoms with Gasteiger partial charge in [0.05, 0.1) is 5.54 Å². The number of hydrogen-bond donors (Lipinski definition) is 1. The number of benzene rings is 1. The molecule has 0 saturated heterocycles. The molecule has 19 heavy (non-hydrogen) atoms. The lowest BCUT2D eigenvalue weighted by Crippen LogP contribution is -2.97. The molecule has 4 aliphatic carbocycles. The van der Waals surface area contributed by atoms with Crippen LogP contribution in [0.2, 0.25) is 0 Å². The van der Waals surface area contributed by atoms with Gasteiger partial charge >= 0.3 is 0 Å². The van der Waals surface area contributed by atoms with Crippen molar-refractivity contribution in [2.24, 2.45) is 17.8 Å². The maximum atomic E-state index is 2.71. The van der Waals surface area contributed by atoms with Gasteiger partial charge in [-0.1, -0.05) is 29.8 Å². The molecule has 5 rings (SSSR count). The Bertz CT molecular complexity index is 424. The molecule has 4 bridgehead atoms. The molecule has 0 aliphatic heterocycles. The number of aryl methyl sites for hydroxylation is 1. The minimum atomic E-state index is 0.625. The number of hydrogen-bond acceptors (Lipinski definition) is 0. The third kappa shape index (κ3) is 2.23. The van der Waals surface area contributed by atoms with E-state index in [1.807, 2.05) is 0 Å². The quantitative estimate of drug-likeness (QED) is 0.856. The fourth-order valence-electron chi connectivity index (χ4n) is 5.49. The zero-order valence-corrected chi connectivity index (χ0v) is 12.1. The molecule has 0 amide bonds. The molecule has 1 aromatic rings. The van der Waals surface area contributed by atoms with Crippen LogP contribution in [-0.4, -0.2) is 5.54 Å². The van der Waals surface area contributed by atoms with Crippen LogP contribution in [0.4, 0.5) is 0 Å². The molecule has 1 aromatic carbocycles. The second-order valence-electron chi connectivity index (χ2n) is 7.67. The average molecular weight is 256 g/mol. The van der Waals surface area contributed by atoms with Crippen molar-refractivity contribution < 1.29 is 5.32 Å². The van der Waals surface area contributed by atoms with Crippen LogP contribution in [-0.2, 0) is 6.54 Å². The van der Waals surface area contributed by atoms with E-state index in [1.54, 1.807) is 19.3 Å². The highest BCUT2D eigenvalue weighted by Crippen LogP contribution is 2.54. The van der Waals surface area contributed by atoms with E-state index >= 15 is 0 Å². The second-order valence-corrected chi connectivity index (χ2v) is 7.67. The van der Waals surface area contributed by atoms with E-state index in [2.05, 4.69) is 36.5 Å².